The van der Waals surface area contributed by atoms with Gasteiger partial charge in [0, 0.05) is 55.0 Å². The Morgan fingerprint density at radius 2 is 1.87 bits per heavy atom. The number of hydrogen-bond donors (Lipinski definition) is 2. The molecule has 39 heavy (non-hydrogen) atoms. The van der Waals surface area contributed by atoms with E-state index in [1.807, 2.05) is 43.3 Å². The molecule has 5 aromatic rings. The highest BCUT2D eigenvalue weighted by atomic mass is 16.5. The molecule has 0 aliphatic rings. The third-order valence-electron chi connectivity index (χ3n) is 6.55. The molecule has 200 valence electrons. The molecule has 8 nitrogen and oxygen atoms in total. The normalized spacial score (nSPS) is 11.2. The zero-order valence-corrected chi connectivity index (χ0v) is 22.1. The number of oxazole rings is 1. The first kappa shape index (κ1) is 26.2. The van der Waals surface area contributed by atoms with Crippen molar-refractivity contribution < 1.29 is 13.9 Å². The Balaban J connectivity index is 1.23. The molecule has 0 atom stereocenters. The van der Waals surface area contributed by atoms with Crippen molar-refractivity contribution in [2.75, 3.05) is 19.7 Å². The summed E-state index contributed by atoms with van der Waals surface area (Å²) in [6.07, 6.45) is 6.78. The van der Waals surface area contributed by atoms with Crippen molar-refractivity contribution in [1.29, 1.82) is 0 Å². The Morgan fingerprint density at radius 1 is 1.03 bits per heavy atom. The number of nitrogens with one attached hydrogen (secondary N) is 2. The maximum absolute atomic E-state index is 12.6. The third kappa shape index (κ3) is 7.12. The number of hydrogen-bond acceptors (Lipinski definition) is 6. The van der Waals surface area contributed by atoms with Crippen LogP contribution in [0.1, 0.15) is 40.1 Å². The molecule has 0 saturated heterocycles. The lowest BCUT2D eigenvalue weighted by molar-refractivity contribution is 0.0949. The summed E-state index contributed by atoms with van der Waals surface area (Å²) < 4.78 is 11.3. The minimum atomic E-state index is -0.252. The number of aromatic amines is 1. The smallest absolute Gasteiger partial charge is 0.273 e. The summed E-state index contributed by atoms with van der Waals surface area (Å²) in [7, 11) is 0. The first-order valence-corrected chi connectivity index (χ1v) is 13.3. The predicted molar refractivity (Wildman–Crippen MR) is 151 cm³/mol. The monoisotopic (exact) mass is 523 g/mol. The van der Waals surface area contributed by atoms with E-state index in [4.69, 9.17) is 9.15 Å². The maximum atomic E-state index is 12.6. The first-order valence-electron chi connectivity index (χ1n) is 13.3. The van der Waals surface area contributed by atoms with E-state index >= 15 is 0 Å². The maximum Gasteiger partial charge on any atom is 0.273 e. The van der Waals surface area contributed by atoms with Gasteiger partial charge in [0.05, 0.1) is 13.2 Å². The van der Waals surface area contributed by atoms with Crippen LogP contribution >= 0.6 is 0 Å². The van der Waals surface area contributed by atoms with Crippen LogP contribution in [-0.4, -0.2) is 45.5 Å². The van der Waals surface area contributed by atoms with Crippen LogP contribution in [0.25, 0.3) is 10.9 Å². The van der Waals surface area contributed by atoms with Gasteiger partial charge in [0.2, 0.25) is 5.89 Å². The van der Waals surface area contributed by atoms with Crippen LogP contribution in [0.3, 0.4) is 0 Å². The van der Waals surface area contributed by atoms with Crippen molar-refractivity contribution in [3.8, 4) is 5.75 Å². The van der Waals surface area contributed by atoms with Crippen LogP contribution in [0, 0.1) is 0 Å². The number of H-pyrrole nitrogens is 1. The SMILES string of the molecule is CCOc1ccc(CN(CCc2c[nH]c3ccccc23)Cc2nc(C(=O)NCCc3ccccn3)co2)cc1. The summed E-state index contributed by atoms with van der Waals surface area (Å²) in [5.41, 5.74) is 4.78. The predicted octanol–water partition coefficient (Wildman–Crippen LogP) is 5.17. The van der Waals surface area contributed by atoms with Crippen LogP contribution in [0.15, 0.2) is 89.8 Å². The number of amides is 1. The van der Waals surface area contributed by atoms with Crippen molar-refractivity contribution >= 4 is 16.8 Å². The Kier molecular flexibility index (Phi) is 8.65. The van der Waals surface area contributed by atoms with E-state index in [1.54, 1.807) is 6.20 Å². The zero-order chi connectivity index (χ0) is 26.9. The van der Waals surface area contributed by atoms with E-state index in [1.165, 1.54) is 17.2 Å². The van der Waals surface area contributed by atoms with Crippen molar-refractivity contribution in [2.45, 2.75) is 32.9 Å². The lowest BCUT2D eigenvalue weighted by atomic mass is 10.1. The second-order valence-electron chi connectivity index (χ2n) is 9.35. The summed E-state index contributed by atoms with van der Waals surface area (Å²) in [6, 6.07) is 22.2. The standard InChI is InChI=1S/C31H33N5O3/c1-2-38-26-12-10-23(11-13-26)20-36(18-15-24-19-34-28-9-4-3-8-27(24)28)21-30-35-29(22-39-30)31(37)33-17-14-25-7-5-6-16-32-25/h3-13,16,19,22,34H,2,14-15,17-18,20-21H2,1H3,(H,33,37). The van der Waals surface area contributed by atoms with E-state index in [0.29, 0.717) is 38.6 Å². The number of ether oxygens (including phenoxy) is 1. The summed E-state index contributed by atoms with van der Waals surface area (Å²) >= 11 is 0. The third-order valence-corrected chi connectivity index (χ3v) is 6.55. The number of nitrogens with zero attached hydrogens (tertiary/aromatic N) is 3. The van der Waals surface area contributed by atoms with Gasteiger partial charge in [0.25, 0.3) is 5.91 Å². The van der Waals surface area contributed by atoms with Crippen molar-refractivity contribution in [2.24, 2.45) is 0 Å². The van der Waals surface area contributed by atoms with E-state index < -0.39 is 0 Å². The molecule has 5 rings (SSSR count). The highest BCUT2D eigenvalue weighted by molar-refractivity contribution is 5.91. The number of carbonyl (C=O) groups excluding carboxylic acids is 1. The fraction of sp³-hybridized carbons (Fsp3) is 0.258. The van der Waals surface area contributed by atoms with Crippen molar-refractivity contribution in [1.82, 2.24) is 25.2 Å². The number of aromatic nitrogens is 3. The highest BCUT2D eigenvalue weighted by Crippen LogP contribution is 2.20. The van der Waals surface area contributed by atoms with E-state index in [9.17, 15) is 4.79 Å². The molecule has 0 unspecified atom stereocenters. The quantitative estimate of drug-likeness (QED) is 0.221. The van der Waals surface area contributed by atoms with Gasteiger partial charge in [-0.3, -0.25) is 14.7 Å². The van der Waals surface area contributed by atoms with Crippen LogP contribution < -0.4 is 10.1 Å². The molecule has 8 heteroatoms. The molecule has 1 amide bonds. The molecule has 0 aliphatic carbocycles. The Bertz CT molecular complexity index is 1480. The van der Waals surface area contributed by atoms with Gasteiger partial charge in [-0.2, -0.15) is 0 Å². The number of fused-ring (bicyclic) bond motifs is 1. The van der Waals surface area contributed by atoms with Crippen LogP contribution in [0.5, 0.6) is 5.75 Å². The van der Waals surface area contributed by atoms with Crippen molar-refractivity contribution in [3.05, 3.63) is 114 Å². The summed E-state index contributed by atoms with van der Waals surface area (Å²) in [5, 5.41) is 4.14. The zero-order valence-electron chi connectivity index (χ0n) is 22.1. The van der Waals surface area contributed by atoms with Gasteiger partial charge < -0.3 is 19.5 Å². The van der Waals surface area contributed by atoms with E-state index in [0.717, 1.165) is 35.5 Å². The van der Waals surface area contributed by atoms with Gasteiger partial charge in [-0.05, 0) is 54.8 Å². The van der Waals surface area contributed by atoms with Crippen LogP contribution in [-0.2, 0) is 25.9 Å². The molecule has 0 saturated carbocycles. The fourth-order valence-corrected chi connectivity index (χ4v) is 4.57. The minimum Gasteiger partial charge on any atom is -0.494 e. The van der Waals surface area contributed by atoms with E-state index in [-0.39, 0.29) is 11.6 Å². The number of para-hydroxylation sites is 1. The summed E-state index contributed by atoms with van der Waals surface area (Å²) in [6.45, 7) is 5.08. The van der Waals surface area contributed by atoms with Crippen LogP contribution in [0.2, 0.25) is 0 Å². The number of carbonyl (C=O) groups is 1. The average molecular weight is 524 g/mol. The van der Waals surface area contributed by atoms with Crippen molar-refractivity contribution in [3.63, 3.8) is 0 Å². The molecule has 0 bridgehead atoms. The molecule has 0 fully saturated rings. The van der Waals surface area contributed by atoms with Gasteiger partial charge in [0.1, 0.15) is 12.0 Å². The molecule has 2 N–H and O–H groups in total. The van der Waals surface area contributed by atoms with Crippen LogP contribution in [0.4, 0.5) is 0 Å². The van der Waals surface area contributed by atoms with Gasteiger partial charge in [0.15, 0.2) is 5.69 Å². The lowest BCUT2D eigenvalue weighted by Gasteiger charge is -2.21. The highest BCUT2D eigenvalue weighted by Gasteiger charge is 2.16. The number of benzene rings is 2. The summed E-state index contributed by atoms with van der Waals surface area (Å²) in [4.78, 5) is 27.1. The molecular weight excluding hydrogens is 490 g/mol. The second kappa shape index (κ2) is 12.9. The Morgan fingerprint density at radius 3 is 2.69 bits per heavy atom. The molecule has 0 spiro atoms. The average Bonchev–Trinajstić information content (AvgIpc) is 3.61. The van der Waals surface area contributed by atoms with E-state index in [2.05, 4.69) is 61.7 Å². The summed E-state index contributed by atoms with van der Waals surface area (Å²) in [5.74, 6) is 1.12. The molecule has 0 aliphatic heterocycles. The molecular formula is C31H33N5O3. The molecule has 3 aromatic heterocycles. The van der Waals surface area contributed by atoms with Gasteiger partial charge in [-0.15, -0.1) is 0 Å². The minimum absolute atomic E-state index is 0.252. The van der Waals surface area contributed by atoms with Gasteiger partial charge >= 0.3 is 0 Å². The fourth-order valence-electron chi connectivity index (χ4n) is 4.57. The van der Waals surface area contributed by atoms with Gasteiger partial charge in [-0.25, -0.2) is 4.98 Å². The Labute approximate surface area is 228 Å². The largest absolute Gasteiger partial charge is 0.494 e. The van der Waals surface area contributed by atoms with Gasteiger partial charge in [-0.1, -0.05) is 36.4 Å². The Hall–Kier alpha value is -4.43. The number of rotatable bonds is 13. The molecule has 0 radical (unpaired) electrons. The second-order valence-corrected chi connectivity index (χ2v) is 9.35. The molecule has 2 aromatic carbocycles. The molecule has 3 heterocycles. The first-order chi connectivity index (χ1) is 19.2. The lowest BCUT2D eigenvalue weighted by Crippen LogP contribution is -2.27. The topological polar surface area (TPSA) is 96.3 Å². The number of pyridine rings is 1.